The number of aromatic nitrogens is 3. The highest BCUT2D eigenvalue weighted by Gasteiger charge is 2.22. The highest BCUT2D eigenvalue weighted by molar-refractivity contribution is 7.97. The molecule has 0 amide bonds. The summed E-state index contributed by atoms with van der Waals surface area (Å²) in [6, 6.07) is 5.91. The Balaban J connectivity index is 1.57. The molecule has 0 unspecified atom stereocenters. The predicted molar refractivity (Wildman–Crippen MR) is 153 cm³/mol. The van der Waals surface area contributed by atoms with Crippen LogP contribution in [0, 0.1) is 10.1 Å². The molecule has 0 aliphatic carbocycles. The van der Waals surface area contributed by atoms with Gasteiger partial charge in [0.15, 0.2) is 6.29 Å². The van der Waals surface area contributed by atoms with Crippen LogP contribution in [0.15, 0.2) is 27.9 Å². The molecule has 1 saturated heterocycles. The van der Waals surface area contributed by atoms with Crippen LogP contribution in [0.4, 0.5) is 0 Å². The molecule has 4 rings (SSSR count). The van der Waals surface area contributed by atoms with E-state index in [2.05, 4.69) is 19.0 Å². The fourth-order valence-electron chi connectivity index (χ4n) is 4.92. The van der Waals surface area contributed by atoms with Crippen molar-refractivity contribution in [2.24, 2.45) is 7.05 Å². The minimum absolute atomic E-state index is 0.110. The summed E-state index contributed by atoms with van der Waals surface area (Å²) in [7, 11) is 1.72. The van der Waals surface area contributed by atoms with Gasteiger partial charge in [-0.05, 0) is 49.4 Å². The lowest BCUT2D eigenvalue weighted by molar-refractivity contribution is -0.757. The molecule has 3 aromatic rings. The summed E-state index contributed by atoms with van der Waals surface area (Å²) in [6.07, 6.45) is 3.70. The van der Waals surface area contributed by atoms with Crippen molar-refractivity contribution in [1.82, 2.24) is 23.7 Å². The average molecular weight is 573 g/mol. The first-order chi connectivity index (χ1) is 19.4. The van der Waals surface area contributed by atoms with Gasteiger partial charge in [-0.2, -0.15) is 0 Å². The molecule has 216 valence electrons. The van der Waals surface area contributed by atoms with E-state index in [1.807, 2.05) is 32.0 Å². The van der Waals surface area contributed by atoms with E-state index in [0.717, 1.165) is 62.3 Å². The van der Waals surface area contributed by atoms with Gasteiger partial charge < -0.3 is 24.0 Å². The second kappa shape index (κ2) is 13.8. The number of aromatic amines is 1. The fraction of sp³-hybridized carbons (Fsp3) is 0.519. The van der Waals surface area contributed by atoms with Gasteiger partial charge in [0, 0.05) is 50.2 Å². The first-order valence-corrected chi connectivity index (χ1v) is 14.4. The molecule has 1 aromatic carbocycles. The Bertz CT molecular complexity index is 1400. The molecule has 1 aliphatic heterocycles. The van der Waals surface area contributed by atoms with Crippen LogP contribution in [0.25, 0.3) is 22.4 Å². The Labute approximate surface area is 236 Å². The Morgan fingerprint density at radius 2 is 1.95 bits per heavy atom. The number of ether oxygens (including phenoxy) is 1. The maximum atomic E-state index is 13.2. The number of carbonyl (C=O) groups excluding carboxylic acids is 1. The average Bonchev–Trinajstić information content (AvgIpc) is 3.21. The normalized spacial score (nSPS) is 14.5. The van der Waals surface area contributed by atoms with Crippen LogP contribution in [0.3, 0.4) is 0 Å². The zero-order valence-electron chi connectivity index (χ0n) is 23.2. The summed E-state index contributed by atoms with van der Waals surface area (Å²) >= 11 is 1.64. The highest BCUT2D eigenvalue weighted by Crippen LogP contribution is 2.35. The number of hydrogen-bond acceptors (Lipinski definition) is 10. The standard InChI is InChI=1S/C27H36N6O6S/c1-4-7-20-22(18-34)30(3)25-24(20)28-26(29-27(25)35)21-17-19(8-9-23(21)38-15-5-2)40-32-13-11-31(12-14-32)10-6-16-39-33(36)37/h8-9,17-18H,4-7,10-16H2,1-3H3,(H,28,29,35). The molecular formula is C27H36N6O6S. The molecule has 0 bridgehead atoms. The van der Waals surface area contributed by atoms with Crippen LogP contribution in [-0.4, -0.2) is 81.1 Å². The van der Waals surface area contributed by atoms with E-state index >= 15 is 0 Å². The number of aryl methyl sites for hydroxylation is 2. The number of nitrogens with one attached hydrogen (secondary N) is 1. The van der Waals surface area contributed by atoms with Gasteiger partial charge in [-0.1, -0.05) is 20.3 Å². The second-order valence-electron chi connectivity index (χ2n) is 9.68. The van der Waals surface area contributed by atoms with Gasteiger partial charge in [-0.15, -0.1) is 10.1 Å². The molecule has 0 atom stereocenters. The van der Waals surface area contributed by atoms with Crippen LogP contribution in [0.5, 0.6) is 5.75 Å². The minimum atomic E-state index is -0.753. The Kier molecular flexibility index (Phi) is 10.2. The van der Waals surface area contributed by atoms with Gasteiger partial charge in [-0.25, -0.2) is 9.29 Å². The lowest BCUT2D eigenvalue weighted by Crippen LogP contribution is -2.43. The van der Waals surface area contributed by atoms with E-state index < -0.39 is 5.09 Å². The number of hydrogen-bond donors (Lipinski definition) is 1. The third-order valence-corrected chi connectivity index (χ3v) is 7.94. The topological polar surface area (TPSA) is 136 Å². The summed E-state index contributed by atoms with van der Waals surface area (Å²) < 4.78 is 9.94. The molecule has 0 spiro atoms. The molecule has 1 N–H and O–H groups in total. The number of benzene rings is 1. The molecule has 1 fully saturated rings. The molecule has 0 radical (unpaired) electrons. The SMILES string of the molecule is CCCOc1ccc(SN2CCN(CCCO[N+](=O)[O-])CC2)cc1-c1nc2c(CCC)c(C=O)n(C)c2c(=O)[nH]1. The molecule has 2 aromatic heterocycles. The van der Waals surface area contributed by atoms with E-state index in [9.17, 15) is 19.7 Å². The van der Waals surface area contributed by atoms with Crippen LogP contribution in [0.1, 0.15) is 49.2 Å². The maximum Gasteiger partial charge on any atom is 0.294 e. The van der Waals surface area contributed by atoms with Crippen molar-refractivity contribution in [3.05, 3.63) is 49.9 Å². The zero-order chi connectivity index (χ0) is 28.6. The van der Waals surface area contributed by atoms with Crippen LogP contribution in [0.2, 0.25) is 0 Å². The van der Waals surface area contributed by atoms with Crippen molar-refractivity contribution in [2.45, 2.75) is 44.4 Å². The molecule has 13 heteroatoms. The fourth-order valence-corrected chi connectivity index (χ4v) is 5.86. The van der Waals surface area contributed by atoms with E-state index in [4.69, 9.17) is 9.72 Å². The zero-order valence-corrected chi connectivity index (χ0v) is 24.0. The third kappa shape index (κ3) is 6.83. The van der Waals surface area contributed by atoms with Crippen LogP contribution < -0.4 is 10.3 Å². The molecule has 1 aliphatic rings. The molecule has 3 heterocycles. The summed E-state index contributed by atoms with van der Waals surface area (Å²) in [6.45, 7) is 8.85. The van der Waals surface area contributed by atoms with Crippen molar-refractivity contribution in [1.29, 1.82) is 0 Å². The van der Waals surface area contributed by atoms with Gasteiger partial charge in [0.1, 0.15) is 22.6 Å². The smallest absolute Gasteiger partial charge is 0.294 e. The lowest BCUT2D eigenvalue weighted by Gasteiger charge is -2.33. The van der Waals surface area contributed by atoms with Crippen LogP contribution >= 0.6 is 11.9 Å². The van der Waals surface area contributed by atoms with Crippen molar-refractivity contribution < 1.29 is 19.5 Å². The summed E-state index contributed by atoms with van der Waals surface area (Å²) in [5.74, 6) is 1.05. The number of fused-ring (bicyclic) bond motifs is 1. The summed E-state index contributed by atoms with van der Waals surface area (Å²) in [5.41, 5.74) is 2.59. The minimum Gasteiger partial charge on any atom is -0.493 e. The summed E-state index contributed by atoms with van der Waals surface area (Å²) in [5, 5.41) is 9.56. The summed E-state index contributed by atoms with van der Waals surface area (Å²) in [4.78, 5) is 50.9. The lowest BCUT2D eigenvalue weighted by atomic mass is 10.1. The van der Waals surface area contributed by atoms with E-state index in [0.29, 0.717) is 53.3 Å². The number of carbonyl (C=O) groups is 1. The molecule has 0 saturated carbocycles. The Morgan fingerprint density at radius 3 is 2.62 bits per heavy atom. The molecular weight excluding hydrogens is 536 g/mol. The number of H-pyrrole nitrogens is 1. The number of rotatable bonds is 14. The number of aldehydes is 1. The van der Waals surface area contributed by atoms with E-state index in [1.54, 1.807) is 23.6 Å². The monoisotopic (exact) mass is 572 g/mol. The first-order valence-electron chi connectivity index (χ1n) is 13.6. The number of piperazine rings is 1. The van der Waals surface area contributed by atoms with Crippen molar-refractivity contribution in [3.63, 3.8) is 0 Å². The van der Waals surface area contributed by atoms with E-state index in [1.165, 1.54) is 0 Å². The maximum absolute atomic E-state index is 13.2. The van der Waals surface area contributed by atoms with Gasteiger partial charge in [0.05, 0.1) is 24.5 Å². The quantitative estimate of drug-likeness (QED) is 0.100. The molecule has 40 heavy (non-hydrogen) atoms. The molecule has 12 nitrogen and oxygen atoms in total. The number of nitrogens with zero attached hydrogens (tertiary/aromatic N) is 5. The largest absolute Gasteiger partial charge is 0.493 e. The van der Waals surface area contributed by atoms with Gasteiger partial charge in [0.2, 0.25) is 0 Å². The van der Waals surface area contributed by atoms with Crippen molar-refractivity contribution in [3.8, 4) is 17.1 Å². The van der Waals surface area contributed by atoms with E-state index in [-0.39, 0.29) is 12.2 Å². The third-order valence-electron chi connectivity index (χ3n) is 6.85. The predicted octanol–water partition coefficient (Wildman–Crippen LogP) is 3.71. The first kappa shape index (κ1) is 29.6. The van der Waals surface area contributed by atoms with Crippen LogP contribution in [-0.2, 0) is 18.3 Å². The van der Waals surface area contributed by atoms with Crippen molar-refractivity contribution in [2.75, 3.05) is 45.9 Å². The second-order valence-corrected chi connectivity index (χ2v) is 10.9. The van der Waals surface area contributed by atoms with Gasteiger partial charge in [-0.3, -0.25) is 9.59 Å². The Morgan fingerprint density at radius 1 is 1.18 bits per heavy atom. The van der Waals surface area contributed by atoms with Crippen molar-refractivity contribution >= 4 is 29.3 Å². The highest BCUT2D eigenvalue weighted by atomic mass is 32.2. The Hall–Kier alpha value is -3.42. The van der Waals surface area contributed by atoms with Gasteiger partial charge in [0.25, 0.3) is 10.6 Å². The van der Waals surface area contributed by atoms with Gasteiger partial charge >= 0.3 is 0 Å².